The Morgan fingerprint density at radius 1 is 1.22 bits per heavy atom. The van der Waals surface area contributed by atoms with E-state index in [2.05, 4.69) is 31.6 Å². The molecule has 0 amide bonds. The Labute approximate surface area is 216 Å². The Hall–Kier alpha value is -3.84. The first kappa shape index (κ1) is 23.9. The number of rotatable bonds is 5. The van der Waals surface area contributed by atoms with Crippen molar-refractivity contribution in [3.8, 4) is 17.5 Å². The van der Waals surface area contributed by atoms with Gasteiger partial charge in [-0.15, -0.1) is 0 Å². The van der Waals surface area contributed by atoms with E-state index in [0.29, 0.717) is 17.1 Å². The van der Waals surface area contributed by atoms with Crippen LogP contribution in [0.3, 0.4) is 0 Å². The van der Waals surface area contributed by atoms with Crippen molar-refractivity contribution >= 4 is 51.4 Å². The Morgan fingerprint density at radius 3 is 2.72 bits per heavy atom. The van der Waals surface area contributed by atoms with E-state index in [9.17, 15) is 10.1 Å². The minimum absolute atomic E-state index is 0.168. The third-order valence-electron chi connectivity index (χ3n) is 5.91. The molecule has 11 heteroatoms. The van der Waals surface area contributed by atoms with Crippen molar-refractivity contribution in [2.24, 2.45) is 0 Å². The second kappa shape index (κ2) is 10.0. The molecule has 5 rings (SSSR count). The fourth-order valence-electron chi connectivity index (χ4n) is 4.19. The number of aromatic nitrogens is 3. The quantitative estimate of drug-likeness (QED) is 0.396. The van der Waals surface area contributed by atoms with E-state index in [0.717, 1.165) is 31.9 Å². The third kappa shape index (κ3) is 4.42. The zero-order valence-electron chi connectivity index (χ0n) is 19.3. The van der Waals surface area contributed by atoms with E-state index in [1.165, 1.54) is 17.0 Å². The summed E-state index contributed by atoms with van der Waals surface area (Å²) >= 11 is 12.6. The first-order valence-electron chi connectivity index (χ1n) is 11.2. The van der Waals surface area contributed by atoms with Crippen LogP contribution in [0.1, 0.15) is 12.0 Å². The van der Waals surface area contributed by atoms with Crippen molar-refractivity contribution in [3.63, 3.8) is 0 Å². The number of ether oxygens (including phenoxy) is 1. The molecule has 4 aromatic rings. The van der Waals surface area contributed by atoms with Crippen LogP contribution in [-0.2, 0) is 0 Å². The standard InChI is InChI=1S/C25H21Cl2N7O2/c1-36-21-10-16(6-7-20(21)33-9-3-8-29-14-33)31-25-30-12-17-22(32-25)15(11-28)13-34(24(17)35)23-18(26)4-2-5-19(23)27/h2,4-7,10,12-13,29H,3,8-9,14H2,1H3,(H,30,31,32). The lowest BCUT2D eigenvalue weighted by Gasteiger charge is -2.30. The van der Waals surface area contributed by atoms with Crippen LogP contribution in [0, 0.1) is 11.3 Å². The summed E-state index contributed by atoms with van der Waals surface area (Å²) in [5, 5.41) is 17.0. The number of pyridine rings is 1. The summed E-state index contributed by atoms with van der Waals surface area (Å²) in [7, 11) is 1.63. The molecule has 36 heavy (non-hydrogen) atoms. The van der Waals surface area contributed by atoms with Gasteiger partial charge in [0.1, 0.15) is 17.3 Å². The summed E-state index contributed by atoms with van der Waals surface area (Å²) in [6.45, 7) is 2.70. The Bertz CT molecular complexity index is 1540. The largest absolute Gasteiger partial charge is 0.495 e. The van der Waals surface area contributed by atoms with Gasteiger partial charge in [-0.2, -0.15) is 5.26 Å². The predicted octanol–water partition coefficient (Wildman–Crippen LogP) is 4.47. The number of fused-ring (bicyclic) bond motifs is 1. The molecule has 2 aromatic heterocycles. The highest BCUT2D eigenvalue weighted by Crippen LogP contribution is 2.33. The molecule has 0 radical (unpaired) electrons. The Kier molecular flexibility index (Phi) is 6.65. The van der Waals surface area contributed by atoms with E-state index >= 15 is 0 Å². The number of anilines is 3. The average Bonchev–Trinajstić information content (AvgIpc) is 2.90. The summed E-state index contributed by atoms with van der Waals surface area (Å²) in [6.07, 6.45) is 3.83. The number of nitrogens with zero attached hydrogens (tertiary/aromatic N) is 5. The minimum atomic E-state index is -0.438. The summed E-state index contributed by atoms with van der Waals surface area (Å²) in [4.78, 5) is 24.2. The van der Waals surface area contributed by atoms with Crippen molar-refractivity contribution < 1.29 is 4.74 Å². The summed E-state index contributed by atoms with van der Waals surface area (Å²) < 4.78 is 6.87. The van der Waals surface area contributed by atoms with Gasteiger partial charge in [0.25, 0.3) is 5.56 Å². The average molecular weight is 522 g/mol. The number of nitrogens with one attached hydrogen (secondary N) is 2. The molecule has 0 atom stereocenters. The van der Waals surface area contributed by atoms with Gasteiger partial charge in [-0.05, 0) is 37.2 Å². The minimum Gasteiger partial charge on any atom is -0.495 e. The Morgan fingerprint density at radius 2 is 2.03 bits per heavy atom. The van der Waals surface area contributed by atoms with Crippen LogP contribution in [0.5, 0.6) is 5.75 Å². The highest BCUT2D eigenvalue weighted by atomic mass is 35.5. The Balaban J connectivity index is 1.52. The molecule has 0 aliphatic carbocycles. The molecular formula is C25H21Cl2N7O2. The van der Waals surface area contributed by atoms with Crippen LogP contribution in [-0.4, -0.2) is 41.4 Å². The number of benzene rings is 2. The molecule has 1 aliphatic rings. The summed E-state index contributed by atoms with van der Waals surface area (Å²) in [6, 6.07) is 12.8. The highest BCUT2D eigenvalue weighted by Gasteiger charge is 2.18. The van der Waals surface area contributed by atoms with Crippen molar-refractivity contribution in [2.45, 2.75) is 6.42 Å². The fourth-order valence-corrected chi connectivity index (χ4v) is 4.77. The number of hydrogen-bond acceptors (Lipinski definition) is 8. The van der Waals surface area contributed by atoms with Gasteiger partial charge in [0.05, 0.1) is 46.1 Å². The van der Waals surface area contributed by atoms with Gasteiger partial charge in [0.2, 0.25) is 5.95 Å². The van der Waals surface area contributed by atoms with Crippen LogP contribution in [0.4, 0.5) is 17.3 Å². The molecule has 0 unspecified atom stereocenters. The van der Waals surface area contributed by atoms with Crippen LogP contribution >= 0.6 is 23.2 Å². The van der Waals surface area contributed by atoms with Gasteiger partial charge in [-0.1, -0.05) is 29.3 Å². The van der Waals surface area contributed by atoms with Gasteiger partial charge < -0.3 is 15.0 Å². The fraction of sp³-hybridized carbons (Fsp3) is 0.200. The smallest absolute Gasteiger partial charge is 0.266 e. The SMILES string of the molecule is COc1cc(Nc2ncc3c(=O)n(-c4c(Cl)cccc4Cl)cc(C#N)c3n2)ccc1N1CCCNC1. The number of nitriles is 1. The highest BCUT2D eigenvalue weighted by molar-refractivity contribution is 6.37. The maximum absolute atomic E-state index is 13.3. The number of halogens is 2. The zero-order chi connectivity index (χ0) is 25.2. The molecule has 9 nitrogen and oxygen atoms in total. The van der Waals surface area contributed by atoms with E-state index < -0.39 is 5.56 Å². The first-order valence-corrected chi connectivity index (χ1v) is 11.9. The van der Waals surface area contributed by atoms with Crippen molar-refractivity contribution in [1.82, 2.24) is 19.9 Å². The third-order valence-corrected chi connectivity index (χ3v) is 6.52. The van der Waals surface area contributed by atoms with Crippen LogP contribution in [0.25, 0.3) is 16.6 Å². The second-order valence-corrected chi connectivity index (χ2v) is 8.96. The molecule has 0 bridgehead atoms. The van der Waals surface area contributed by atoms with Crippen LogP contribution in [0.2, 0.25) is 10.0 Å². The van der Waals surface area contributed by atoms with E-state index in [-0.39, 0.29) is 32.5 Å². The van der Waals surface area contributed by atoms with Crippen molar-refractivity contribution in [1.29, 1.82) is 5.26 Å². The monoisotopic (exact) mass is 521 g/mol. The van der Waals surface area contributed by atoms with E-state index in [1.54, 1.807) is 25.3 Å². The van der Waals surface area contributed by atoms with Crippen LogP contribution in [0.15, 0.2) is 53.6 Å². The van der Waals surface area contributed by atoms with Gasteiger partial charge in [-0.3, -0.25) is 14.7 Å². The summed E-state index contributed by atoms with van der Waals surface area (Å²) in [5.41, 5.74) is 1.95. The van der Waals surface area contributed by atoms with Gasteiger partial charge >= 0.3 is 0 Å². The predicted molar refractivity (Wildman–Crippen MR) is 141 cm³/mol. The molecule has 2 N–H and O–H groups in total. The van der Waals surface area contributed by atoms with Crippen molar-refractivity contribution in [3.05, 3.63) is 74.8 Å². The van der Waals surface area contributed by atoms with E-state index in [4.69, 9.17) is 27.9 Å². The molecule has 1 aliphatic heterocycles. The molecule has 0 saturated carbocycles. The normalized spacial score (nSPS) is 13.4. The molecule has 1 saturated heterocycles. The molecular weight excluding hydrogens is 501 g/mol. The summed E-state index contributed by atoms with van der Waals surface area (Å²) in [5.74, 6) is 0.947. The number of methoxy groups -OCH3 is 1. The second-order valence-electron chi connectivity index (χ2n) is 8.14. The lowest BCUT2D eigenvalue weighted by atomic mass is 10.2. The zero-order valence-corrected chi connectivity index (χ0v) is 20.8. The molecule has 182 valence electrons. The van der Waals surface area contributed by atoms with Gasteiger partial charge in [-0.25, -0.2) is 9.97 Å². The molecule has 2 aromatic carbocycles. The lowest BCUT2D eigenvalue weighted by molar-refractivity contribution is 0.412. The molecule has 3 heterocycles. The topological polar surface area (TPSA) is 108 Å². The van der Waals surface area contributed by atoms with Crippen molar-refractivity contribution in [2.75, 3.05) is 37.1 Å². The van der Waals surface area contributed by atoms with E-state index in [1.807, 2.05) is 18.2 Å². The lowest BCUT2D eigenvalue weighted by Crippen LogP contribution is -2.41. The van der Waals surface area contributed by atoms with Gasteiger partial charge in [0.15, 0.2) is 0 Å². The maximum Gasteiger partial charge on any atom is 0.266 e. The van der Waals surface area contributed by atoms with Gasteiger partial charge in [0, 0.05) is 30.7 Å². The molecule has 0 spiro atoms. The first-order chi connectivity index (χ1) is 17.5. The van der Waals surface area contributed by atoms with Crippen LogP contribution < -0.4 is 25.8 Å². The number of para-hydroxylation sites is 1. The molecule has 1 fully saturated rings. The number of hydrogen-bond donors (Lipinski definition) is 2. The maximum atomic E-state index is 13.3.